The van der Waals surface area contributed by atoms with Crippen LogP contribution in [0.2, 0.25) is 0 Å². The number of hydrogen-bond acceptors (Lipinski definition) is 5. The first-order valence-corrected chi connectivity index (χ1v) is 9.78. The molecule has 152 valence electrons. The van der Waals surface area contributed by atoms with Crippen molar-refractivity contribution in [2.24, 2.45) is 0 Å². The number of rotatable bonds is 7. The molecule has 0 aliphatic heterocycles. The van der Waals surface area contributed by atoms with Crippen molar-refractivity contribution in [1.29, 1.82) is 0 Å². The molecule has 0 spiro atoms. The minimum atomic E-state index is -0.349. The molecule has 0 radical (unpaired) electrons. The monoisotopic (exact) mass is 459 g/mol. The molecule has 2 aromatic heterocycles. The van der Waals surface area contributed by atoms with E-state index in [-0.39, 0.29) is 23.6 Å². The summed E-state index contributed by atoms with van der Waals surface area (Å²) in [6, 6.07) is 13.8. The number of hydrogen-bond donors (Lipinski definition) is 1. The van der Waals surface area contributed by atoms with E-state index in [0.717, 1.165) is 5.76 Å². The third kappa shape index (κ3) is 4.78. The molecule has 0 aliphatic rings. The minimum Gasteiger partial charge on any atom is -0.468 e. The highest BCUT2D eigenvalue weighted by Crippen LogP contribution is 2.24. The van der Waals surface area contributed by atoms with Gasteiger partial charge in [0.1, 0.15) is 5.76 Å². The first-order valence-electron chi connectivity index (χ1n) is 8.99. The summed E-state index contributed by atoms with van der Waals surface area (Å²) in [6.45, 7) is 0.358. The lowest BCUT2D eigenvalue weighted by Crippen LogP contribution is -2.35. The third-order valence-corrected chi connectivity index (χ3v) is 4.98. The molecule has 1 atom stereocenters. The molecule has 0 bridgehead atoms. The first-order chi connectivity index (χ1) is 13.9. The Kier molecular flexibility index (Phi) is 6.56. The number of likely N-dealkylation sites (N-methyl/N-ethyl adjacent to an activating group) is 1. The average molecular weight is 460 g/mol. The third-order valence-electron chi connectivity index (χ3n) is 4.55. The lowest BCUT2D eigenvalue weighted by Gasteiger charge is -2.23. The average Bonchev–Trinajstić information content (AvgIpc) is 3.38. The molecule has 3 rings (SSSR count). The number of nitrogens with one attached hydrogen (secondary N) is 1. The van der Waals surface area contributed by atoms with Gasteiger partial charge in [0.25, 0.3) is 11.8 Å². The van der Waals surface area contributed by atoms with Gasteiger partial charge in [-0.15, -0.1) is 0 Å². The molecule has 1 unspecified atom stereocenters. The maximum atomic E-state index is 12.9. The van der Waals surface area contributed by atoms with Crippen LogP contribution in [0.15, 0.2) is 68.3 Å². The fraction of sp³-hybridized carbons (Fsp3) is 0.238. The maximum absolute atomic E-state index is 12.9. The molecule has 0 saturated carbocycles. The molecule has 1 aromatic carbocycles. The topological polar surface area (TPSA) is 78.9 Å². The fourth-order valence-electron chi connectivity index (χ4n) is 2.97. The molecule has 2 heterocycles. The molecule has 8 heteroatoms. The van der Waals surface area contributed by atoms with Crippen LogP contribution in [-0.2, 0) is 0 Å². The van der Waals surface area contributed by atoms with Crippen molar-refractivity contribution in [3.8, 4) is 0 Å². The predicted octanol–water partition coefficient (Wildman–Crippen LogP) is 3.94. The molecule has 0 aliphatic carbocycles. The van der Waals surface area contributed by atoms with Crippen molar-refractivity contribution in [3.63, 3.8) is 0 Å². The summed E-state index contributed by atoms with van der Waals surface area (Å²) in [4.78, 5) is 29.0. The minimum absolute atomic E-state index is 0.110. The van der Waals surface area contributed by atoms with Gasteiger partial charge in [-0.3, -0.25) is 14.5 Å². The summed E-state index contributed by atoms with van der Waals surface area (Å²) in [5.74, 6) is 0.316. The van der Waals surface area contributed by atoms with Crippen molar-refractivity contribution in [2.45, 2.75) is 6.04 Å². The quantitative estimate of drug-likeness (QED) is 0.578. The van der Waals surface area contributed by atoms with Crippen molar-refractivity contribution < 1.29 is 18.4 Å². The van der Waals surface area contributed by atoms with E-state index < -0.39 is 0 Å². The Morgan fingerprint density at radius 1 is 1.07 bits per heavy atom. The van der Waals surface area contributed by atoms with Crippen molar-refractivity contribution in [3.05, 3.63) is 76.5 Å². The van der Waals surface area contributed by atoms with Crippen LogP contribution in [0.5, 0.6) is 0 Å². The largest absolute Gasteiger partial charge is 0.468 e. The maximum Gasteiger partial charge on any atom is 0.293 e. The molecule has 1 N–H and O–H groups in total. The van der Waals surface area contributed by atoms with Crippen LogP contribution >= 0.6 is 15.9 Å². The Morgan fingerprint density at radius 3 is 2.45 bits per heavy atom. The van der Waals surface area contributed by atoms with Crippen LogP contribution in [0.4, 0.5) is 5.69 Å². The second-order valence-electron chi connectivity index (χ2n) is 6.69. The molecule has 7 nitrogen and oxygen atoms in total. The zero-order valence-corrected chi connectivity index (χ0v) is 18.0. The van der Waals surface area contributed by atoms with E-state index in [1.165, 1.54) is 4.90 Å². The Labute approximate surface area is 177 Å². The van der Waals surface area contributed by atoms with Gasteiger partial charge in [0.2, 0.25) is 0 Å². The van der Waals surface area contributed by atoms with Gasteiger partial charge < -0.3 is 19.1 Å². The number of carbonyl (C=O) groups excluding carboxylic acids is 2. The van der Waals surface area contributed by atoms with Gasteiger partial charge in [0.15, 0.2) is 10.4 Å². The molecular weight excluding hydrogens is 438 g/mol. The SMILES string of the molecule is CN(C(=O)c1ccc(Br)o1)c1ccccc1C(=O)NCC(c1ccco1)N(C)C. The number of furan rings is 2. The lowest BCUT2D eigenvalue weighted by molar-refractivity contribution is 0.0939. The Bertz CT molecular complexity index is 981. The van der Waals surface area contributed by atoms with E-state index in [4.69, 9.17) is 8.83 Å². The Hall–Kier alpha value is -2.84. The van der Waals surface area contributed by atoms with Gasteiger partial charge >= 0.3 is 0 Å². The number of nitrogens with zero attached hydrogens (tertiary/aromatic N) is 2. The molecule has 0 fully saturated rings. The van der Waals surface area contributed by atoms with Crippen LogP contribution in [0.25, 0.3) is 0 Å². The molecule has 29 heavy (non-hydrogen) atoms. The number of anilines is 1. The number of para-hydroxylation sites is 1. The van der Waals surface area contributed by atoms with Crippen molar-refractivity contribution in [2.75, 3.05) is 32.6 Å². The van der Waals surface area contributed by atoms with Gasteiger partial charge in [-0.1, -0.05) is 12.1 Å². The lowest BCUT2D eigenvalue weighted by atomic mass is 10.1. The zero-order valence-electron chi connectivity index (χ0n) is 16.4. The van der Waals surface area contributed by atoms with Crippen molar-refractivity contribution in [1.82, 2.24) is 10.2 Å². The summed E-state index contributed by atoms with van der Waals surface area (Å²) in [6.07, 6.45) is 1.61. The zero-order chi connectivity index (χ0) is 21.0. The molecule has 2 amide bonds. The Morgan fingerprint density at radius 2 is 1.83 bits per heavy atom. The van der Waals surface area contributed by atoms with E-state index in [1.54, 1.807) is 49.7 Å². The normalized spacial score (nSPS) is 12.0. The second kappa shape index (κ2) is 9.11. The van der Waals surface area contributed by atoms with Gasteiger partial charge in [-0.2, -0.15) is 0 Å². The van der Waals surface area contributed by atoms with Crippen LogP contribution in [-0.4, -0.2) is 44.4 Å². The summed E-state index contributed by atoms with van der Waals surface area (Å²) >= 11 is 3.19. The van der Waals surface area contributed by atoms with E-state index in [1.807, 2.05) is 31.1 Å². The number of amides is 2. The van der Waals surface area contributed by atoms with E-state index in [9.17, 15) is 9.59 Å². The summed E-state index contributed by atoms with van der Waals surface area (Å²) in [5, 5.41) is 2.94. The summed E-state index contributed by atoms with van der Waals surface area (Å²) in [5.41, 5.74) is 0.882. The number of benzene rings is 1. The highest BCUT2D eigenvalue weighted by Gasteiger charge is 2.23. The first kappa shape index (κ1) is 20.9. The highest BCUT2D eigenvalue weighted by molar-refractivity contribution is 9.10. The second-order valence-corrected chi connectivity index (χ2v) is 7.47. The van der Waals surface area contributed by atoms with Gasteiger partial charge in [0, 0.05) is 13.6 Å². The van der Waals surface area contributed by atoms with Gasteiger partial charge in [-0.25, -0.2) is 0 Å². The standard InChI is InChI=1S/C21H22BrN3O4/c1-24(2)16(17-9-6-12-28-17)13-23-20(26)14-7-4-5-8-15(14)25(3)21(27)18-10-11-19(22)29-18/h4-12,16H,13H2,1-3H3,(H,23,26). The molecule has 3 aromatic rings. The van der Waals surface area contributed by atoms with E-state index >= 15 is 0 Å². The smallest absolute Gasteiger partial charge is 0.293 e. The number of carbonyl (C=O) groups is 2. The van der Waals surface area contributed by atoms with Crippen LogP contribution in [0, 0.1) is 0 Å². The molecule has 0 saturated heterocycles. The van der Waals surface area contributed by atoms with E-state index in [2.05, 4.69) is 21.2 Å². The fourth-order valence-corrected chi connectivity index (χ4v) is 3.27. The van der Waals surface area contributed by atoms with E-state index in [0.29, 0.717) is 22.5 Å². The Balaban J connectivity index is 1.77. The highest BCUT2D eigenvalue weighted by atomic mass is 79.9. The predicted molar refractivity (Wildman–Crippen MR) is 113 cm³/mol. The van der Waals surface area contributed by atoms with Crippen molar-refractivity contribution >= 4 is 33.4 Å². The molecular formula is C21H22BrN3O4. The van der Waals surface area contributed by atoms with Gasteiger partial charge in [-0.05, 0) is 66.4 Å². The number of halogens is 1. The van der Waals surface area contributed by atoms with Crippen LogP contribution in [0.3, 0.4) is 0 Å². The van der Waals surface area contributed by atoms with Gasteiger partial charge in [0.05, 0.1) is 23.6 Å². The van der Waals surface area contributed by atoms with Crippen LogP contribution < -0.4 is 10.2 Å². The summed E-state index contributed by atoms with van der Waals surface area (Å²) in [7, 11) is 5.44. The summed E-state index contributed by atoms with van der Waals surface area (Å²) < 4.78 is 11.3. The van der Waals surface area contributed by atoms with Crippen LogP contribution in [0.1, 0.15) is 32.7 Å².